The van der Waals surface area contributed by atoms with Crippen molar-refractivity contribution in [1.29, 1.82) is 0 Å². The Morgan fingerprint density at radius 1 is 1.22 bits per heavy atom. The number of hydrogen-bond donors (Lipinski definition) is 1. The van der Waals surface area contributed by atoms with Gasteiger partial charge in [0.05, 0.1) is 6.26 Å². The van der Waals surface area contributed by atoms with E-state index in [1.165, 1.54) is 17.4 Å². The largest absolute Gasteiger partial charge is 0.459 e. The van der Waals surface area contributed by atoms with E-state index in [9.17, 15) is 4.79 Å². The van der Waals surface area contributed by atoms with Crippen LogP contribution in [0.25, 0.3) is 0 Å². The summed E-state index contributed by atoms with van der Waals surface area (Å²) in [6.45, 7) is 5.60. The number of nitrogens with zero attached hydrogens (tertiary/aromatic N) is 3. The van der Waals surface area contributed by atoms with Crippen molar-refractivity contribution in [2.75, 3.05) is 33.2 Å². The third kappa shape index (κ3) is 5.47. The lowest BCUT2D eigenvalue weighted by Crippen LogP contribution is -2.53. The van der Waals surface area contributed by atoms with Gasteiger partial charge in [0.15, 0.2) is 11.7 Å². The molecule has 1 N–H and O–H groups in total. The molecule has 1 fully saturated rings. The first-order valence-electron chi connectivity index (χ1n) is 8.62. The molecule has 0 saturated carbocycles. The van der Waals surface area contributed by atoms with Gasteiger partial charge < -0.3 is 19.5 Å². The van der Waals surface area contributed by atoms with Gasteiger partial charge in [0, 0.05) is 44.2 Å². The monoisotopic (exact) mass is 546 g/mol. The maximum atomic E-state index is 12.3. The Labute approximate surface area is 185 Å². The molecule has 0 radical (unpaired) electrons. The van der Waals surface area contributed by atoms with Crippen molar-refractivity contribution >= 4 is 51.8 Å². The van der Waals surface area contributed by atoms with E-state index in [4.69, 9.17) is 4.42 Å². The molecule has 2 heterocycles. The summed E-state index contributed by atoms with van der Waals surface area (Å²) in [4.78, 5) is 20.7. The number of benzene rings is 1. The number of piperazine rings is 1. The van der Waals surface area contributed by atoms with E-state index in [1.807, 2.05) is 11.0 Å². The van der Waals surface area contributed by atoms with Gasteiger partial charge in [0.2, 0.25) is 0 Å². The summed E-state index contributed by atoms with van der Waals surface area (Å²) in [6, 6.07) is 9.71. The molecule has 1 saturated heterocycles. The number of hydrogen-bond acceptors (Lipinski definition) is 3. The molecule has 1 aromatic heterocycles. The highest BCUT2D eigenvalue weighted by Crippen LogP contribution is 2.16. The Morgan fingerprint density at radius 3 is 2.52 bits per heavy atom. The average Bonchev–Trinajstić information content (AvgIpc) is 3.18. The number of nitrogens with one attached hydrogen (secondary N) is 1. The Bertz CT molecular complexity index is 787. The summed E-state index contributed by atoms with van der Waals surface area (Å²) in [6.07, 6.45) is 1.53. The van der Waals surface area contributed by atoms with Crippen molar-refractivity contribution in [1.82, 2.24) is 15.1 Å². The van der Waals surface area contributed by atoms with Crippen molar-refractivity contribution in [3.05, 3.63) is 58.0 Å². The van der Waals surface area contributed by atoms with Crippen molar-refractivity contribution < 1.29 is 9.21 Å². The van der Waals surface area contributed by atoms with E-state index in [1.54, 1.807) is 19.2 Å². The van der Waals surface area contributed by atoms with Gasteiger partial charge in [-0.25, -0.2) is 0 Å². The fourth-order valence-corrected chi connectivity index (χ4v) is 3.52. The predicted molar refractivity (Wildman–Crippen MR) is 121 cm³/mol. The fourth-order valence-electron chi connectivity index (χ4n) is 3.04. The second-order valence-corrected chi connectivity index (χ2v) is 7.14. The molecule has 1 amide bonds. The summed E-state index contributed by atoms with van der Waals surface area (Å²) < 4.78 is 6.29. The molecule has 2 aromatic rings. The number of aryl methyl sites for hydroxylation is 1. The number of aliphatic imine (C=N–C) groups is 1. The molecular weight excluding hydrogens is 523 g/mol. The van der Waals surface area contributed by atoms with Gasteiger partial charge in [-0.2, -0.15) is 0 Å². The molecule has 1 aliphatic rings. The second-order valence-electron chi connectivity index (χ2n) is 6.23. The lowest BCUT2D eigenvalue weighted by molar-refractivity contribution is 0.0657. The maximum absolute atomic E-state index is 12.3. The molecule has 0 unspecified atom stereocenters. The Balaban J connectivity index is 0.00000261. The predicted octanol–water partition coefficient (Wildman–Crippen LogP) is 3.50. The van der Waals surface area contributed by atoms with Crippen molar-refractivity contribution in [3.63, 3.8) is 0 Å². The van der Waals surface area contributed by atoms with Gasteiger partial charge >= 0.3 is 0 Å². The van der Waals surface area contributed by atoms with Gasteiger partial charge in [-0.15, -0.1) is 24.0 Å². The van der Waals surface area contributed by atoms with E-state index in [-0.39, 0.29) is 29.9 Å². The smallest absolute Gasteiger partial charge is 0.289 e. The molecule has 27 heavy (non-hydrogen) atoms. The highest BCUT2D eigenvalue weighted by Gasteiger charge is 2.25. The zero-order valence-electron chi connectivity index (χ0n) is 15.4. The van der Waals surface area contributed by atoms with Crippen molar-refractivity contribution in [3.8, 4) is 0 Å². The molecule has 3 rings (SSSR count). The van der Waals surface area contributed by atoms with Crippen LogP contribution in [-0.2, 0) is 6.54 Å². The molecule has 0 aliphatic carbocycles. The van der Waals surface area contributed by atoms with E-state index < -0.39 is 0 Å². The highest BCUT2D eigenvalue weighted by atomic mass is 127. The number of rotatable bonds is 3. The van der Waals surface area contributed by atoms with E-state index in [2.05, 4.69) is 50.2 Å². The number of carbonyl (C=O) groups excluding carboxylic acids is 1. The van der Waals surface area contributed by atoms with Gasteiger partial charge in [-0.1, -0.05) is 22.0 Å². The number of halogens is 2. The third-order valence-electron chi connectivity index (χ3n) is 4.55. The summed E-state index contributed by atoms with van der Waals surface area (Å²) in [5, 5.41) is 3.43. The Morgan fingerprint density at radius 2 is 1.93 bits per heavy atom. The molecule has 1 aliphatic heterocycles. The SMILES string of the molecule is CN=C(NCc1ccc(Br)cc1C)N1CCN(C(=O)c2ccco2)CC1.I. The van der Waals surface area contributed by atoms with Crippen LogP contribution in [0.4, 0.5) is 0 Å². The van der Waals surface area contributed by atoms with Crippen LogP contribution in [0.3, 0.4) is 0 Å². The molecule has 146 valence electrons. The fraction of sp³-hybridized carbons (Fsp3) is 0.368. The summed E-state index contributed by atoms with van der Waals surface area (Å²) in [5.41, 5.74) is 2.47. The maximum Gasteiger partial charge on any atom is 0.289 e. The van der Waals surface area contributed by atoms with Crippen LogP contribution >= 0.6 is 39.9 Å². The van der Waals surface area contributed by atoms with Gasteiger partial charge in [-0.3, -0.25) is 9.79 Å². The van der Waals surface area contributed by atoms with Gasteiger partial charge in [0.1, 0.15) is 0 Å². The molecule has 0 spiro atoms. The van der Waals surface area contributed by atoms with Crippen LogP contribution in [0.2, 0.25) is 0 Å². The van der Waals surface area contributed by atoms with Crippen LogP contribution in [-0.4, -0.2) is 54.9 Å². The number of furan rings is 1. The molecule has 1 aromatic carbocycles. The van der Waals surface area contributed by atoms with E-state index in [0.717, 1.165) is 30.1 Å². The topological polar surface area (TPSA) is 61.1 Å². The normalized spacial score (nSPS) is 14.7. The molecular formula is C19H24BrIN4O2. The third-order valence-corrected chi connectivity index (χ3v) is 5.05. The average molecular weight is 547 g/mol. The van der Waals surface area contributed by atoms with Gasteiger partial charge in [0.25, 0.3) is 5.91 Å². The minimum Gasteiger partial charge on any atom is -0.459 e. The molecule has 8 heteroatoms. The zero-order valence-corrected chi connectivity index (χ0v) is 19.4. The van der Waals surface area contributed by atoms with E-state index in [0.29, 0.717) is 18.8 Å². The number of carbonyl (C=O) groups is 1. The molecule has 6 nitrogen and oxygen atoms in total. The Hall–Kier alpha value is -1.55. The van der Waals surface area contributed by atoms with Crippen LogP contribution in [0.15, 0.2) is 50.5 Å². The first-order valence-corrected chi connectivity index (χ1v) is 9.41. The lowest BCUT2D eigenvalue weighted by Gasteiger charge is -2.36. The minimum atomic E-state index is -0.0527. The first kappa shape index (κ1) is 21.7. The lowest BCUT2D eigenvalue weighted by atomic mass is 10.1. The Kier molecular flexibility index (Phi) is 8.15. The van der Waals surface area contributed by atoms with Crippen LogP contribution in [0, 0.1) is 6.92 Å². The number of guanidine groups is 1. The molecule has 0 atom stereocenters. The van der Waals surface area contributed by atoms with Crippen molar-refractivity contribution in [2.24, 2.45) is 4.99 Å². The quantitative estimate of drug-likeness (QED) is 0.364. The van der Waals surface area contributed by atoms with Gasteiger partial charge in [-0.05, 0) is 42.3 Å². The summed E-state index contributed by atoms with van der Waals surface area (Å²) >= 11 is 3.49. The number of amides is 1. The van der Waals surface area contributed by atoms with Crippen molar-refractivity contribution in [2.45, 2.75) is 13.5 Å². The van der Waals surface area contributed by atoms with Crippen LogP contribution < -0.4 is 5.32 Å². The van der Waals surface area contributed by atoms with E-state index >= 15 is 0 Å². The zero-order chi connectivity index (χ0) is 18.5. The second kappa shape index (κ2) is 10.1. The highest BCUT2D eigenvalue weighted by molar-refractivity contribution is 14.0. The molecule has 0 bridgehead atoms. The minimum absolute atomic E-state index is 0. The summed E-state index contributed by atoms with van der Waals surface area (Å²) in [5.74, 6) is 1.20. The standard InChI is InChI=1S/C19H23BrN4O2.HI/c1-14-12-16(20)6-5-15(14)13-22-19(21-2)24-9-7-23(8-10-24)18(25)17-4-3-11-26-17;/h3-6,11-12H,7-10,13H2,1-2H3,(H,21,22);1H. The summed E-state index contributed by atoms with van der Waals surface area (Å²) in [7, 11) is 1.79. The van der Waals surface area contributed by atoms with Crippen LogP contribution in [0.1, 0.15) is 21.7 Å². The van der Waals surface area contributed by atoms with Crippen LogP contribution in [0.5, 0.6) is 0 Å². The first-order chi connectivity index (χ1) is 12.6.